The van der Waals surface area contributed by atoms with Crippen molar-refractivity contribution in [3.05, 3.63) is 0 Å². The molecule has 3 aliphatic rings. The minimum Gasteiger partial charge on any atom is -0.317 e. The van der Waals surface area contributed by atoms with Gasteiger partial charge in [0.2, 0.25) is 0 Å². The Hall–Kier alpha value is -0.120. The summed E-state index contributed by atoms with van der Waals surface area (Å²) in [5, 5.41) is 3.60. The van der Waals surface area contributed by atoms with Crippen molar-refractivity contribution in [1.82, 2.24) is 15.1 Å². The molecular weight excluding hydrogens is 258 g/mol. The van der Waals surface area contributed by atoms with E-state index in [1.165, 1.54) is 71.2 Å². The zero-order valence-electron chi connectivity index (χ0n) is 14.4. The largest absolute Gasteiger partial charge is 0.317 e. The van der Waals surface area contributed by atoms with Crippen LogP contribution in [0.4, 0.5) is 0 Å². The molecule has 3 unspecified atom stereocenters. The number of fused-ring (bicyclic) bond motifs is 1. The summed E-state index contributed by atoms with van der Waals surface area (Å²) in [6, 6.07) is 1.60. The van der Waals surface area contributed by atoms with Crippen LogP contribution in [0.2, 0.25) is 0 Å². The van der Waals surface area contributed by atoms with E-state index >= 15 is 0 Å². The Morgan fingerprint density at radius 1 is 1.10 bits per heavy atom. The summed E-state index contributed by atoms with van der Waals surface area (Å²) in [6.07, 6.45) is 8.44. The van der Waals surface area contributed by atoms with Crippen LogP contribution >= 0.6 is 0 Å². The molecule has 1 N–H and O–H groups in total. The number of piperidine rings is 1. The van der Waals surface area contributed by atoms with Crippen LogP contribution in [0.15, 0.2) is 0 Å². The molecule has 0 radical (unpaired) electrons. The Balaban J connectivity index is 1.57. The highest BCUT2D eigenvalue weighted by atomic mass is 15.3. The van der Waals surface area contributed by atoms with Crippen molar-refractivity contribution in [2.75, 3.05) is 39.8 Å². The Labute approximate surface area is 131 Å². The van der Waals surface area contributed by atoms with Gasteiger partial charge in [0.05, 0.1) is 0 Å². The third-order valence-corrected chi connectivity index (χ3v) is 6.30. The maximum Gasteiger partial charge on any atom is 0.0223 e. The van der Waals surface area contributed by atoms with Gasteiger partial charge in [-0.05, 0) is 57.0 Å². The van der Waals surface area contributed by atoms with Gasteiger partial charge >= 0.3 is 0 Å². The Kier molecular flexibility index (Phi) is 4.92. The predicted molar refractivity (Wildman–Crippen MR) is 89.6 cm³/mol. The first-order valence-corrected chi connectivity index (χ1v) is 9.21. The summed E-state index contributed by atoms with van der Waals surface area (Å²) >= 11 is 0. The van der Waals surface area contributed by atoms with Crippen molar-refractivity contribution in [1.29, 1.82) is 0 Å². The predicted octanol–water partition coefficient (Wildman–Crippen LogP) is 2.57. The molecule has 3 rings (SSSR count). The van der Waals surface area contributed by atoms with E-state index in [0.29, 0.717) is 5.41 Å². The summed E-state index contributed by atoms with van der Waals surface area (Å²) in [4.78, 5) is 5.53. The van der Waals surface area contributed by atoms with Gasteiger partial charge in [0.25, 0.3) is 0 Å². The highest BCUT2D eigenvalue weighted by Gasteiger charge is 2.36. The molecule has 3 heteroatoms. The number of hydrogen-bond donors (Lipinski definition) is 1. The van der Waals surface area contributed by atoms with Crippen LogP contribution in [-0.4, -0.2) is 61.7 Å². The molecule has 0 bridgehead atoms. The molecule has 2 saturated heterocycles. The standard InChI is InChI=1S/C18H35N3/c1-18(2)8-7-17(19-3)15(12-18)13-20-10-11-21-9-5-4-6-16(21)14-20/h15-17,19H,4-14H2,1-3H3. The summed E-state index contributed by atoms with van der Waals surface area (Å²) in [5.74, 6) is 0.842. The van der Waals surface area contributed by atoms with E-state index in [1.54, 1.807) is 0 Å². The molecular formula is C18H35N3. The number of piperazine rings is 1. The van der Waals surface area contributed by atoms with Gasteiger partial charge in [0, 0.05) is 38.3 Å². The van der Waals surface area contributed by atoms with Crippen LogP contribution in [0.25, 0.3) is 0 Å². The quantitative estimate of drug-likeness (QED) is 0.863. The third kappa shape index (κ3) is 3.80. The van der Waals surface area contributed by atoms with E-state index in [2.05, 4.69) is 36.0 Å². The molecule has 3 fully saturated rings. The third-order valence-electron chi connectivity index (χ3n) is 6.30. The van der Waals surface area contributed by atoms with Gasteiger partial charge in [-0.3, -0.25) is 4.90 Å². The number of hydrogen-bond acceptors (Lipinski definition) is 3. The fourth-order valence-electron chi connectivity index (χ4n) is 5.03. The lowest BCUT2D eigenvalue weighted by Gasteiger charge is -2.47. The fraction of sp³-hybridized carbons (Fsp3) is 1.00. The zero-order chi connectivity index (χ0) is 14.9. The highest BCUT2D eigenvalue weighted by molar-refractivity contribution is 4.92. The molecule has 0 aromatic rings. The van der Waals surface area contributed by atoms with Crippen molar-refractivity contribution in [2.45, 2.75) is 64.5 Å². The van der Waals surface area contributed by atoms with Crippen LogP contribution < -0.4 is 5.32 Å². The van der Waals surface area contributed by atoms with E-state index in [-0.39, 0.29) is 0 Å². The Bertz CT molecular complexity index is 341. The van der Waals surface area contributed by atoms with Crippen LogP contribution in [0.1, 0.15) is 52.4 Å². The smallest absolute Gasteiger partial charge is 0.0223 e. The summed E-state index contributed by atoms with van der Waals surface area (Å²) in [7, 11) is 2.16. The highest BCUT2D eigenvalue weighted by Crippen LogP contribution is 2.39. The summed E-state index contributed by atoms with van der Waals surface area (Å²) < 4.78 is 0. The van der Waals surface area contributed by atoms with E-state index in [1.807, 2.05) is 0 Å². The summed E-state index contributed by atoms with van der Waals surface area (Å²) in [5.41, 5.74) is 0.546. The molecule has 0 amide bonds. The molecule has 21 heavy (non-hydrogen) atoms. The van der Waals surface area contributed by atoms with Crippen LogP contribution in [0.3, 0.4) is 0 Å². The summed E-state index contributed by atoms with van der Waals surface area (Å²) in [6.45, 7) is 11.5. The van der Waals surface area contributed by atoms with Crippen LogP contribution in [-0.2, 0) is 0 Å². The van der Waals surface area contributed by atoms with Crippen LogP contribution in [0.5, 0.6) is 0 Å². The maximum absolute atomic E-state index is 3.60. The van der Waals surface area contributed by atoms with E-state index in [9.17, 15) is 0 Å². The van der Waals surface area contributed by atoms with Gasteiger partial charge in [-0.15, -0.1) is 0 Å². The second-order valence-electron chi connectivity index (χ2n) is 8.51. The first kappa shape index (κ1) is 15.8. The van der Waals surface area contributed by atoms with E-state index < -0.39 is 0 Å². The molecule has 0 spiro atoms. The Morgan fingerprint density at radius 2 is 1.95 bits per heavy atom. The van der Waals surface area contributed by atoms with Gasteiger partial charge in [-0.2, -0.15) is 0 Å². The maximum atomic E-state index is 3.60. The molecule has 0 aromatic carbocycles. The van der Waals surface area contributed by atoms with Crippen molar-refractivity contribution in [3.63, 3.8) is 0 Å². The van der Waals surface area contributed by atoms with E-state index in [0.717, 1.165) is 18.0 Å². The molecule has 3 nitrogen and oxygen atoms in total. The first-order valence-electron chi connectivity index (χ1n) is 9.21. The van der Waals surface area contributed by atoms with Gasteiger partial charge in [0.1, 0.15) is 0 Å². The Morgan fingerprint density at radius 3 is 2.76 bits per heavy atom. The number of rotatable bonds is 3. The van der Waals surface area contributed by atoms with Gasteiger partial charge in [0.15, 0.2) is 0 Å². The average Bonchev–Trinajstić information content (AvgIpc) is 2.46. The molecule has 0 aromatic heterocycles. The van der Waals surface area contributed by atoms with Gasteiger partial charge < -0.3 is 10.2 Å². The zero-order valence-corrected chi connectivity index (χ0v) is 14.4. The minimum atomic E-state index is 0.546. The molecule has 1 aliphatic carbocycles. The van der Waals surface area contributed by atoms with Crippen molar-refractivity contribution >= 4 is 0 Å². The fourth-order valence-corrected chi connectivity index (χ4v) is 5.03. The molecule has 2 aliphatic heterocycles. The van der Waals surface area contributed by atoms with Crippen LogP contribution in [0, 0.1) is 11.3 Å². The van der Waals surface area contributed by atoms with Gasteiger partial charge in [-0.25, -0.2) is 0 Å². The van der Waals surface area contributed by atoms with E-state index in [4.69, 9.17) is 0 Å². The second kappa shape index (κ2) is 6.55. The lowest BCUT2D eigenvalue weighted by molar-refractivity contribution is 0.0255. The normalized spacial score (nSPS) is 38.1. The lowest BCUT2D eigenvalue weighted by Crippen LogP contribution is -2.57. The molecule has 3 atom stereocenters. The SMILES string of the molecule is CNC1CCC(C)(C)CC1CN1CCN2CCCCC2C1. The molecule has 122 valence electrons. The molecule has 1 saturated carbocycles. The first-order chi connectivity index (χ1) is 10.1. The lowest BCUT2D eigenvalue weighted by atomic mass is 9.69. The van der Waals surface area contributed by atoms with Crippen molar-refractivity contribution in [2.24, 2.45) is 11.3 Å². The van der Waals surface area contributed by atoms with Crippen molar-refractivity contribution in [3.8, 4) is 0 Å². The average molecular weight is 293 g/mol. The number of nitrogens with zero attached hydrogens (tertiary/aromatic N) is 2. The van der Waals surface area contributed by atoms with Gasteiger partial charge in [-0.1, -0.05) is 20.3 Å². The van der Waals surface area contributed by atoms with Crippen molar-refractivity contribution < 1.29 is 0 Å². The molecule has 2 heterocycles. The number of nitrogens with one attached hydrogen (secondary N) is 1. The second-order valence-corrected chi connectivity index (χ2v) is 8.51. The minimum absolute atomic E-state index is 0.546. The topological polar surface area (TPSA) is 18.5 Å². The monoisotopic (exact) mass is 293 g/mol.